The van der Waals surface area contributed by atoms with Crippen LogP contribution in [0.2, 0.25) is 0 Å². The van der Waals surface area contributed by atoms with E-state index in [1.165, 1.54) is 37.7 Å². The zero-order valence-electron chi connectivity index (χ0n) is 13.5. The zero-order valence-corrected chi connectivity index (χ0v) is 15.1. The Morgan fingerprint density at radius 1 is 1.29 bits per heavy atom. The van der Waals surface area contributed by atoms with Crippen LogP contribution in [0, 0.1) is 5.92 Å². The van der Waals surface area contributed by atoms with Crippen molar-refractivity contribution in [2.45, 2.75) is 58.5 Å². The van der Waals surface area contributed by atoms with Crippen molar-refractivity contribution in [3.8, 4) is 0 Å². The van der Waals surface area contributed by atoms with E-state index < -0.39 is 0 Å². The van der Waals surface area contributed by atoms with Gasteiger partial charge in [0, 0.05) is 35.9 Å². The third kappa shape index (κ3) is 4.43. The molecule has 2 rings (SSSR count). The standard InChI is InChI=1S/C17H28BrN3/c1-4-13-6-8-16(9-7-13)21(3)17-14(11-19-5-2)10-15(18)12-20-17/h10,12-13,16,19H,4-9,11H2,1-3H3. The average molecular weight is 354 g/mol. The molecule has 1 aromatic rings. The fourth-order valence-electron chi connectivity index (χ4n) is 3.29. The topological polar surface area (TPSA) is 28.2 Å². The Bertz CT molecular complexity index is 442. The molecule has 4 heteroatoms. The van der Waals surface area contributed by atoms with Crippen LogP contribution in [0.5, 0.6) is 0 Å². The van der Waals surface area contributed by atoms with Crippen LogP contribution < -0.4 is 10.2 Å². The third-order valence-electron chi connectivity index (χ3n) is 4.75. The highest BCUT2D eigenvalue weighted by Crippen LogP contribution is 2.32. The minimum atomic E-state index is 0.641. The Morgan fingerprint density at radius 2 is 2.00 bits per heavy atom. The van der Waals surface area contributed by atoms with Crippen molar-refractivity contribution in [1.29, 1.82) is 0 Å². The van der Waals surface area contributed by atoms with Crippen LogP contribution in [-0.4, -0.2) is 24.6 Å². The number of hydrogen-bond acceptors (Lipinski definition) is 3. The van der Waals surface area contributed by atoms with Crippen LogP contribution in [0.1, 0.15) is 51.5 Å². The zero-order chi connectivity index (χ0) is 15.2. The molecule has 3 nitrogen and oxygen atoms in total. The van der Waals surface area contributed by atoms with E-state index in [4.69, 9.17) is 0 Å². The van der Waals surface area contributed by atoms with E-state index in [0.29, 0.717) is 6.04 Å². The van der Waals surface area contributed by atoms with Crippen molar-refractivity contribution in [2.75, 3.05) is 18.5 Å². The van der Waals surface area contributed by atoms with Gasteiger partial charge >= 0.3 is 0 Å². The molecule has 1 fully saturated rings. The maximum atomic E-state index is 4.68. The average Bonchev–Trinajstić information content (AvgIpc) is 2.52. The second-order valence-electron chi connectivity index (χ2n) is 6.11. The molecule has 21 heavy (non-hydrogen) atoms. The molecule has 1 aromatic heterocycles. The molecule has 0 aromatic carbocycles. The van der Waals surface area contributed by atoms with Gasteiger partial charge < -0.3 is 10.2 Å². The predicted octanol–water partition coefficient (Wildman–Crippen LogP) is 4.36. The van der Waals surface area contributed by atoms with Crippen molar-refractivity contribution < 1.29 is 0 Å². The van der Waals surface area contributed by atoms with Crippen molar-refractivity contribution >= 4 is 21.7 Å². The quantitative estimate of drug-likeness (QED) is 0.823. The lowest BCUT2D eigenvalue weighted by atomic mass is 9.84. The first-order valence-electron chi connectivity index (χ1n) is 8.23. The van der Waals surface area contributed by atoms with E-state index in [9.17, 15) is 0 Å². The second kappa shape index (κ2) is 8.14. The molecule has 0 spiro atoms. The number of hydrogen-bond donors (Lipinski definition) is 1. The fourth-order valence-corrected chi connectivity index (χ4v) is 3.67. The Kier molecular flexibility index (Phi) is 6.49. The van der Waals surface area contributed by atoms with Gasteiger partial charge in [0.15, 0.2) is 0 Å². The molecular formula is C17H28BrN3. The van der Waals surface area contributed by atoms with Gasteiger partial charge in [-0.05, 0) is 60.1 Å². The Labute approximate surface area is 137 Å². The summed E-state index contributed by atoms with van der Waals surface area (Å²) < 4.78 is 1.06. The molecule has 0 saturated heterocycles. The third-order valence-corrected chi connectivity index (χ3v) is 5.18. The molecule has 1 N–H and O–H groups in total. The van der Waals surface area contributed by atoms with Gasteiger partial charge in [0.1, 0.15) is 5.82 Å². The van der Waals surface area contributed by atoms with Gasteiger partial charge in [-0.15, -0.1) is 0 Å². The molecular weight excluding hydrogens is 326 g/mol. The number of rotatable bonds is 6. The summed E-state index contributed by atoms with van der Waals surface area (Å²) in [5.74, 6) is 2.08. The maximum Gasteiger partial charge on any atom is 0.133 e. The van der Waals surface area contributed by atoms with E-state index >= 15 is 0 Å². The van der Waals surface area contributed by atoms with Crippen molar-refractivity contribution in [3.05, 3.63) is 22.3 Å². The normalized spacial score (nSPS) is 22.3. The van der Waals surface area contributed by atoms with Crippen LogP contribution in [-0.2, 0) is 6.54 Å². The molecule has 0 bridgehead atoms. The predicted molar refractivity (Wildman–Crippen MR) is 93.8 cm³/mol. The minimum absolute atomic E-state index is 0.641. The number of pyridine rings is 1. The highest BCUT2D eigenvalue weighted by molar-refractivity contribution is 9.10. The molecule has 0 atom stereocenters. The van der Waals surface area contributed by atoms with Crippen molar-refractivity contribution in [3.63, 3.8) is 0 Å². The number of anilines is 1. The van der Waals surface area contributed by atoms with Gasteiger partial charge in [0.25, 0.3) is 0 Å². The molecule has 0 radical (unpaired) electrons. The Morgan fingerprint density at radius 3 is 2.62 bits per heavy atom. The number of nitrogens with zero attached hydrogens (tertiary/aromatic N) is 2. The summed E-state index contributed by atoms with van der Waals surface area (Å²) in [7, 11) is 2.21. The van der Waals surface area contributed by atoms with Crippen molar-refractivity contribution in [1.82, 2.24) is 10.3 Å². The van der Waals surface area contributed by atoms with Crippen LogP contribution in [0.3, 0.4) is 0 Å². The van der Waals surface area contributed by atoms with E-state index in [-0.39, 0.29) is 0 Å². The molecule has 1 saturated carbocycles. The van der Waals surface area contributed by atoms with Gasteiger partial charge in [0.2, 0.25) is 0 Å². The monoisotopic (exact) mass is 353 g/mol. The fraction of sp³-hybridized carbons (Fsp3) is 0.706. The van der Waals surface area contributed by atoms with Crippen LogP contribution in [0.4, 0.5) is 5.82 Å². The first-order chi connectivity index (χ1) is 10.2. The summed E-state index contributed by atoms with van der Waals surface area (Å²) in [6.45, 7) is 6.32. The summed E-state index contributed by atoms with van der Waals surface area (Å²) >= 11 is 3.54. The lowest BCUT2D eigenvalue weighted by Gasteiger charge is -2.36. The summed E-state index contributed by atoms with van der Waals surface area (Å²) in [5.41, 5.74) is 1.28. The molecule has 0 amide bonds. The number of halogens is 1. The number of nitrogens with one attached hydrogen (secondary N) is 1. The minimum Gasteiger partial charge on any atom is -0.356 e. The van der Waals surface area contributed by atoms with Gasteiger partial charge in [0.05, 0.1) is 0 Å². The molecule has 0 aliphatic heterocycles. The van der Waals surface area contributed by atoms with Gasteiger partial charge in [-0.2, -0.15) is 0 Å². The summed E-state index contributed by atoms with van der Waals surface area (Å²) in [6.07, 6.45) is 8.58. The van der Waals surface area contributed by atoms with E-state index in [1.54, 1.807) is 0 Å². The SMILES string of the molecule is CCNCc1cc(Br)cnc1N(C)C1CCC(CC)CC1. The highest BCUT2D eigenvalue weighted by atomic mass is 79.9. The van der Waals surface area contributed by atoms with Gasteiger partial charge in [-0.25, -0.2) is 4.98 Å². The van der Waals surface area contributed by atoms with E-state index in [2.05, 4.69) is 58.1 Å². The molecule has 0 unspecified atom stereocenters. The second-order valence-corrected chi connectivity index (χ2v) is 7.03. The van der Waals surface area contributed by atoms with E-state index in [1.807, 2.05) is 6.20 Å². The van der Waals surface area contributed by atoms with Crippen LogP contribution in [0.15, 0.2) is 16.7 Å². The number of aromatic nitrogens is 1. The van der Waals surface area contributed by atoms with Crippen molar-refractivity contribution in [2.24, 2.45) is 5.92 Å². The van der Waals surface area contributed by atoms with E-state index in [0.717, 1.165) is 29.3 Å². The Hall–Kier alpha value is -0.610. The maximum absolute atomic E-state index is 4.68. The molecule has 1 aliphatic carbocycles. The smallest absolute Gasteiger partial charge is 0.133 e. The summed E-state index contributed by atoms with van der Waals surface area (Å²) in [6, 6.07) is 2.83. The first kappa shape index (κ1) is 16.8. The summed E-state index contributed by atoms with van der Waals surface area (Å²) in [5, 5.41) is 3.42. The first-order valence-corrected chi connectivity index (χ1v) is 9.02. The molecule has 118 valence electrons. The Balaban J connectivity index is 2.09. The lowest BCUT2D eigenvalue weighted by Crippen LogP contribution is -2.36. The largest absolute Gasteiger partial charge is 0.356 e. The highest BCUT2D eigenvalue weighted by Gasteiger charge is 2.25. The summed E-state index contributed by atoms with van der Waals surface area (Å²) in [4.78, 5) is 7.09. The molecule has 1 heterocycles. The lowest BCUT2D eigenvalue weighted by molar-refractivity contribution is 0.312. The van der Waals surface area contributed by atoms with Gasteiger partial charge in [-0.1, -0.05) is 20.3 Å². The van der Waals surface area contributed by atoms with Gasteiger partial charge in [-0.3, -0.25) is 0 Å². The van der Waals surface area contributed by atoms with Crippen LogP contribution in [0.25, 0.3) is 0 Å². The van der Waals surface area contributed by atoms with Crippen LogP contribution >= 0.6 is 15.9 Å². The molecule has 1 aliphatic rings.